The SMILES string of the molecule is CC(CCCCCCCCC[C@@H]1c2ccc(O)cc2SC[C@]1(C)c1ccc(O)cc1)(CCCCC(F)(F)C(F)(F)F)C(=O)O. The minimum atomic E-state index is -5.58. The molecule has 10 heteroatoms. The molecule has 3 atom stereocenters. The number of halogens is 5. The molecule has 2 aromatic carbocycles. The third kappa shape index (κ3) is 9.27. The van der Waals surface area contributed by atoms with Crippen molar-refractivity contribution in [3.8, 4) is 11.5 Å². The molecule has 0 fully saturated rings. The topological polar surface area (TPSA) is 77.8 Å². The first-order chi connectivity index (χ1) is 20.6. The van der Waals surface area contributed by atoms with Crippen molar-refractivity contribution in [1.29, 1.82) is 0 Å². The van der Waals surface area contributed by atoms with Crippen molar-refractivity contribution < 1.29 is 42.1 Å². The summed E-state index contributed by atoms with van der Waals surface area (Å²) in [7, 11) is 0. The van der Waals surface area contributed by atoms with Crippen molar-refractivity contribution in [2.45, 2.75) is 126 Å². The number of hydrogen-bond acceptors (Lipinski definition) is 4. The molecule has 0 saturated carbocycles. The fraction of sp³-hybridized carbons (Fsp3) is 0.618. The Bertz CT molecular complexity index is 1220. The lowest BCUT2D eigenvalue weighted by Crippen LogP contribution is -2.36. The summed E-state index contributed by atoms with van der Waals surface area (Å²) in [6.45, 7) is 3.82. The molecule has 1 aliphatic rings. The maximum atomic E-state index is 13.1. The van der Waals surface area contributed by atoms with Crippen LogP contribution in [0.1, 0.15) is 114 Å². The van der Waals surface area contributed by atoms with Gasteiger partial charge in [0.1, 0.15) is 11.5 Å². The fourth-order valence-electron chi connectivity index (χ4n) is 6.30. The van der Waals surface area contributed by atoms with E-state index in [2.05, 4.69) is 6.92 Å². The van der Waals surface area contributed by atoms with Gasteiger partial charge in [-0.15, -0.1) is 11.8 Å². The maximum Gasteiger partial charge on any atom is 0.453 e. The molecule has 0 bridgehead atoms. The van der Waals surface area contributed by atoms with Crippen molar-refractivity contribution >= 4 is 17.7 Å². The van der Waals surface area contributed by atoms with Gasteiger partial charge in [-0.25, -0.2) is 0 Å². The number of hydrogen-bond donors (Lipinski definition) is 3. The summed E-state index contributed by atoms with van der Waals surface area (Å²) < 4.78 is 63.3. The number of fused-ring (bicyclic) bond motifs is 1. The third-order valence-electron chi connectivity index (χ3n) is 9.32. The van der Waals surface area contributed by atoms with E-state index >= 15 is 0 Å². The van der Waals surface area contributed by atoms with E-state index < -0.39 is 29.9 Å². The van der Waals surface area contributed by atoms with Crippen molar-refractivity contribution in [3.05, 3.63) is 53.6 Å². The quantitative estimate of drug-likeness (QED) is 0.118. The summed E-state index contributed by atoms with van der Waals surface area (Å²) in [5.41, 5.74) is 1.16. The van der Waals surface area contributed by atoms with E-state index in [1.807, 2.05) is 24.3 Å². The minimum Gasteiger partial charge on any atom is -0.508 e. The number of phenols is 2. The van der Waals surface area contributed by atoms with Crippen LogP contribution in [-0.2, 0) is 10.2 Å². The molecule has 0 radical (unpaired) electrons. The standard InChI is InChI=1S/C34H45F5O4S/c1-31(30(42)43,20-10-11-21-33(35,36)34(37,38)39)19-9-7-5-3-4-6-8-12-28-27-18-17-26(41)22-29(27)44-23-32(28,2)24-13-15-25(40)16-14-24/h13-18,22,28,40-41H,3-12,19-21,23H2,1-2H3,(H,42,43)/t28-,31?,32-/m1/s1. The number of benzene rings is 2. The van der Waals surface area contributed by atoms with Crippen LogP contribution in [0.3, 0.4) is 0 Å². The second-order valence-electron chi connectivity index (χ2n) is 12.8. The van der Waals surface area contributed by atoms with Gasteiger partial charge >= 0.3 is 18.1 Å². The number of carboxylic acids is 1. The molecule has 0 spiro atoms. The summed E-state index contributed by atoms with van der Waals surface area (Å²) in [5, 5.41) is 29.5. The second kappa shape index (κ2) is 15.2. The van der Waals surface area contributed by atoms with Crippen LogP contribution in [0.25, 0.3) is 0 Å². The van der Waals surface area contributed by atoms with E-state index in [-0.39, 0.29) is 42.1 Å². The molecule has 0 amide bonds. The van der Waals surface area contributed by atoms with Crippen LogP contribution in [0.2, 0.25) is 0 Å². The number of unbranched alkanes of at least 4 members (excludes halogenated alkanes) is 7. The zero-order valence-electron chi connectivity index (χ0n) is 25.6. The van der Waals surface area contributed by atoms with E-state index in [9.17, 15) is 42.1 Å². The van der Waals surface area contributed by atoms with Crippen LogP contribution in [-0.4, -0.2) is 39.1 Å². The largest absolute Gasteiger partial charge is 0.508 e. The van der Waals surface area contributed by atoms with E-state index in [0.29, 0.717) is 12.8 Å². The van der Waals surface area contributed by atoms with Crippen LogP contribution < -0.4 is 0 Å². The number of aliphatic carboxylic acids is 1. The summed E-state index contributed by atoms with van der Waals surface area (Å²) in [6, 6.07) is 13.1. The number of carboxylic acid groups (broad SMARTS) is 1. The Labute approximate surface area is 261 Å². The average Bonchev–Trinajstić information content (AvgIpc) is 2.95. The van der Waals surface area contributed by atoms with Gasteiger partial charge in [0.05, 0.1) is 5.41 Å². The molecule has 3 N–H and O–H groups in total. The van der Waals surface area contributed by atoms with Gasteiger partial charge in [-0.3, -0.25) is 4.79 Å². The van der Waals surface area contributed by atoms with E-state index in [4.69, 9.17) is 0 Å². The zero-order valence-corrected chi connectivity index (χ0v) is 26.4. The van der Waals surface area contributed by atoms with Crippen LogP contribution in [0.5, 0.6) is 11.5 Å². The highest BCUT2D eigenvalue weighted by Gasteiger charge is 2.56. The van der Waals surface area contributed by atoms with Crippen molar-refractivity contribution in [2.75, 3.05) is 5.75 Å². The van der Waals surface area contributed by atoms with Gasteiger partial charge in [-0.05, 0) is 73.9 Å². The molecule has 0 aliphatic carbocycles. The highest BCUT2D eigenvalue weighted by atomic mass is 32.2. The lowest BCUT2D eigenvalue weighted by molar-refractivity contribution is -0.284. The Morgan fingerprint density at radius 2 is 1.34 bits per heavy atom. The molecule has 44 heavy (non-hydrogen) atoms. The minimum absolute atomic E-state index is 0.00553. The molecule has 1 unspecified atom stereocenters. The lowest BCUT2D eigenvalue weighted by atomic mass is 9.68. The molecule has 3 rings (SSSR count). The monoisotopic (exact) mass is 644 g/mol. The molecule has 2 aromatic rings. The Balaban J connectivity index is 1.42. The maximum absolute atomic E-state index is 13.1. The van der Waals surface area contributed by atoms with E-state index in [1.54, 1.807) is 36.9 Å². The van der Waals surface area contributed by atoms with Gasteiger partial charge in [0, 0.05) is 22.5 Å². The number of rotatable bonds is 17. The van der Waals surface area contributed by atoms with Gasteiger partial charge in [0.2, 0.25) is 0 Å². The summed E-state index contributed by atoms with van der Waals surface area (Å²) in [5.74, 6) is -4.16. The first-order valence-electron chi connectivity index (χ1n) is 15.5. The van der Waals surface area contributed by atoms with Crippen LogP contribution in [0.4, 0.5) is 22.0 Å². The van der Waals surface area contributed by atoms with Gasteiger partial charge in [0.25, 0.3) is 0 Å². The van der Waals surface area contributed by atoms with Gasteiger partial charge in [0.15, 0.2) is 0 Å². The molecule has 246 valence electrons. The molecular formula is C34H45F5O4S. The Kier molecular flexibility index (Phi) is 12.4. The molecule has 1 aliphatic heterocycles. The number of thioether (sulfide) groups is 1. The van der Waals surface area contributed by atoms with E-state index in [1.165, 1.54) is 11.1 Å². The predicted octanol–water partition coefficient (Wildman–Crippen LogP) is 10.6. The Morgan fingerprint density at radius 3 is 1.93 bits per heavy atom. The predicted molar refractivity (Wildman–Crippen MR) is 164 cm³/mol. The zero-order chi connectivity index (χ0) is 32.6. The second-order valence-corrected chi connectivity index (χ2v) is 13.8. The lowest BCUT2D eigenvalue weighted by Gasteiger charge is -2.43. The molecule has 0 saturated heterocycles. The van der Waals surface area contributed by atoms with Crippen LogP contribution >= 0.6 is 11.8 Å². The molecule has 4 nitrogen and oxygen atoms in total. The summed E-state index contributed by atoms with van der Waals surface area (Å²) in [6.07, 6.45) is 0.739. The first kappa shape index (κ1) is 36.0. The summed E-state index contributed by atoms with van der Waals surface area (Å²) >= 11 is 1.75. The molecule has 0 aromatic heterocycles. The molecule has 1 heterocycles. The molecular weight excluding hydrogens is 599 g/mol. The normalized spacial score (nSPS) is 20.2. The van der Waals surface area contributed by atoms with Crippen molar-refractivity contribution in [3.63, 3.8) is 0 Å². The smallest absolute Gasteiger partial charge is 0.453 e. The fourth-order valence-corrected chi connectivity index (χ4v) is 7.70. The number of aromatic hydroxyl groups is 2. The Hall–Kier alpha value is -2.49. The third-order valence-corrected chi connectivity index (χ3v) is 10.7. The highest BCUT2D eigenvalue weighted by molar-refractivity contribution is 7.99. The average molecular weight is 645 g/mol. The Morgan fingerprint density at radius 1 is 0.818 bits per heavy atom. The van der Waals surface area contributed by atoms with Gasteiger partial charge < -0.3 is 15.3 Å². The first-order valence-corrected chi connectivity index (χ1v) is 16.5. The van der Waals surface area contributed by atoms with Gasteiger partial charge in [-0.1, -0.05) is 76.5 Å². The van der Waals surface area contributed by atoms with Crippen molar-refractivity contribution in [1.82, 2.24) is 0 Å². The number of alkyl halides is 5. The van der Waals surface area contributed by atoms with Gasteiger partial charge in [-0.2, -0.15) is 22.0 Å². The highest BCUT2D eigenvalue weighted by Crippen LogP contribution is 2.52. The van der Waals surface area contributed by atoms with Crippen molar-refractivity contribution in [2.24, 2.45) is 5.41 Å². The summed E-state index contributed by atoms with van der Waals surface area (Å²) in [4.78, 5) is 12.9. The number of carbonyl (C=O) groups is 1. The number of phenolic OH excluding ortho intramolecular Hbond substituents is 2. The van der Waals surface area contributed by atoms with Crippen LogP contribution in [0.15, 0.2) is 47.4 Å². The van der Waals surface area contributed by atoms with E-state index in [0.717, 1.165) is 55.6 Å². The van der Waals surface area contributed by atoms with Crippen LogP contribution in [0, 0.1) is 5.41 Å².